The molecule has 4 aliphatic rings. The lowest BCUT2D eigenvalue weighted by Gasteiger charge is -2.41. The fourth-order valence-corrected chi connectivity index (χ4v) is 8.87. The maximum atomic E-state index is 13.6. The minimum absolute atomic E-state index is 0.0332. The Hall–Kier alpha value is -5.23. The van der Waals surface area contributed by atoms with Gasteiger partial charge in [-0.05, 0) is 97.8 Å². The molecule has 4 fully saturated rings. The third-order valence-electron chi connectivity index (χ3n) is 11.2. The van der Waals surface area contributed by atoms with Crippen LogP contribution >= 0.6 is 0 Å². The topological polar surface area (TPSA) is 148 Å². The molecule has 0 saturated carbocycles. The van der Waals surface area contributed by atoms with Crippen molar-refractivity contribution in [2.45, 2.75) is 56.1 Å². The first-order valence-electron chi connectivity index (χ1n) is 17.2. The van der Waals surface area contributed by atoms with Crippen molar-refractivity contribution in [2.75, 3.05) is 37.7 Å². The lowest BCUT2D eigenvalue weighted by Crippen LogP contribution is -2.57. The van der Waals surface area contributed by atoms with Gasteiger partial charge in [0, 0.05) is 24.7 Å². The third kappa shape index (κ3) is 5.04. The number of nitrogens with one attached hydrogen (secondary N) is 2. The van der Waals surface area contributed by atoms with Gasteiger partial charge in [0.1, 0.15) is 23.7 Å². The number of carbonyl (C=O) groups is 1. The number of fused-ring (bicyclic) bond motifs is 5. The number of carbonyl (C=O) groups excluding carboxylic acids is 1. The van der Waals surface area contributed by atoms with Crippen molar-refractivity contribution in [1.82, 2.24) is 29.7 Å². The number of aromatic amines is 2. The van der Waals surface area contributed by atoms with Crippen LogP contribution in [0.3, 0.4) is 0 Å². The van der Waals surface area contributed by atoms with E-state index in [1.165, 1.54) is 19.0 Å². The van der Waals surface area contributed by atoms with Gasteiger partial charge < -0.3 is 24.6 Å². The van der Waals surface area contributed by atoms with E-state index in [0.29, 0.717) is 25.7 Å². The molecule has 2 atom stereocenters. The summed E-state index contributed by atoms with van der Waals surface area (Å²) >= 11 is 0. The summed E-state index contributed by atoms with van der Waals surface area (Å²) in [4.78, 5) is 58.9. The average molecular weight is 660 g/mol. The molecule has 4 aliphatic heterocycles. The van der Waals surface area contributed by atoms with Crippen molar-refractivity contribution in [3.63, 3.8) is 0 Å². The molecule has 3 N–H and O–H groups in total. The van der Waals surface area contributed by atoms with Gasteiger partial charge in [-0.3, -0.25) is 19.5 Å². The number of amides is 1. The highest BCUT2D eigenvalue weighted by molar-refractivity contribution is 6.01. The zero-order chi connectivity index (χ0) is 33.3. The minimum Gasteiger partial charge on any atom is -0.508 e. The number of nitrogens with zero attached hydrogens (tertiary/aromatic N) is 5. The van der Waals surface area contributed by atoms with Crippen LogP contribution in [0.15, 0.2) is 70.4 Å². The van der Waals surface area contributed by atoms with Crippen LogP contribution in [-0.4, -0.2) is 91.2 Å². The molecule has 0 spiro atoms. The maximum Gasteiger partial charge on any atom is 0.325 e. The van der Waals surface area contributed by atoms with Crippen molar-refractivity contribution < 1.29 is 14.6 Å². The number of hydrogen-bond acceptors (Lipinski definition) is 9. The lowest BCUT2D eigenvalue weighted by atomic mass is 9.95. The van der Waals surface area contributed by atoms with Gasteiger partial charge in [-0.25, -0.2) is 4.79 Å². The van der Waals surface area contributed by atoms with Crippen LogP contribution < -0.4 is 20.9 Å². The Kier molecular flexibility index (Phi) is 6.97. The largest absolute Gasteiger partial charge is 0.508 e. The van der Waals surface area contributed by atoms with E-state index in [9.17, 15) is 19.5 Å². The molecule has 3 aromatic carbocycles. The number of phenolic OH excluding ortho intramolecular Hbond substituents is 1. The van der Waals surface area contributed by atoms with Gasteiger partial charge in [-0.15, -0.1) is 0 Å². The summed E-state index contributed by atoms with van der Waals surface area (Å²) in [6.07, 6.45) is 7.37. The second kappa shape index (κ2) is 11.4. The number of hydrogen-bond donors (Lipinski definition) is 3. The molecule has 12 nitrogen and oxygen atoms in total. The molecular formula is C37H37N7O5. The van der Waals surface area contributed by atoms with Gasteiger partial charge in [0.25, 0.3) is 11.5 Å². The molecule has 2 aromatic heterocycles. The quantitative estimate of drug-likeness (QED) is 0.246. The summed E-state index contributed by atoms with van der Waals surface area (Å²) in [6.45, 7) is 3.81. The molecule has 12 heteroatoms. The van der Waals surface area contributed by atoms with E-state index >= 15 is 0 Å². The molecule has 4 saturated heterocycles. The summed E-state index contributed by atoms with van der Waals surface area (Å²) in [5.41, 5.74) is 1.22. The van der Waals surface area contributed by atoms with Gasteiger partial charge >= 0.3 is 11.7 Å². The van der Waals surface area contributed by atoms with Crippen LogP contribution in [0.1, 0.15) is 48.9 Å². The Morgan fingerprint density at radius 3 is 2.51 bits per heavy atom. The Balaban J connectivity index is 1.09. The second-order valence-corrected chi connectivity index (χ2v) is 14.0. The number of aromatic hydroxyl groups is 1. The molecular weight excluding hydrogens is 622 g/mol. The lowest BCUT2D eigenvalue weighted by molar-refractivity contribution is 0.0638. The van der Waals surface area contributed by atoms with E-state index in [4.69, 9.17) is 14.7 Å². The standard InChI is InChI=1S/C37H37N7O5/c45-26-15-22-5-1-2-6-27(22)29(17-26)23-7-10-28-31(16-23)39-36(49-21-37-11-3-13-43(37)14-4-12-37)40-32(28)42-19-24-8-9-25(20-42)44(24)34(47)30-18-38-35(48)41-33(30)46/h1-2,5-7,10,15-18,24-25,45H,3-4,8-9,11-14,19-21H2,(H2,38,41,46,48)/t24-,25+. The van der Waals surface area contributed by atoms with Crippen molar-refractivity contribution in [1.29, 1.82) is 0 Å². The first kappa shape index (κ1) is 29.9. The maximum absolute atomic E-state index is 13.6. The zero-order valence-electron chi connectivity index (χ0n) is 27.0. The first-order chi connectivity index (χ1) is 23.8. The smallest absolute Gasteiger partial charge is 0.325 e. The van der Waals surface area contributed by atoms with E-state index < -0.39 is 11.2 Å². The number of anilines is 1. The van der Waals surface area contributed by atoms with Crippen LogP contribution in [0.2, 0.25) is 0 Å². The van der Waals surface area contributed by atoms with E-state index in [0.717, 1.165) is 77.4 Å². The fourth-order valence-electron chi connectivity index (χ4n) is 8.87. The van der Waals surface area contributed by atoms with Crippen LogP contribution in [-0.2, 0) is 0 Å². The number of aromatic nitrogens is 4. The highest BCUT2D eigenvalue weighted by atomic mass is 16.5. The molecule has 1 amide bonds. The SMILES string of the molecule is O=C(c1c[nH]c(=O)[nH]c1=O)N1[C@@H]2CC[C@H]1CN(c1nc(OCC34CCCN3CCC4)nc3cc(-c4cc(O)cc5ccccc45)ccc13)C2. The van der Waals surface area contributed by atoms with Crippen LogP contribution in [0.4, 0.5) is 5.82 Å². The Morgan fingerprint density at radius 2 is 1.73 bits per heavy atom. The number of phenols is 1. The second-order valence-electron chi connectivity index (χ2n) is 14.0. The predicted octanol–water partition coefficient (Wildman–Crippen LogP) is 4.03. The predicted molar refractivity (Wildman–Crippen MR) is 185 cm³/mol. The van der Waals surface area contributed by atoms with Gasteiger partial charge in [-0.2, -0.15) is 9.97 Å². The molecule has 9 rings (SSSR count). The van der Waals surface area contributed by atoms with Gasteiger partial charge in [0.15, 0.2) is 0 Å². The summed E-state index contributed by atoms with van der Waals surface area (Å²) in [5, 5.41) is 13.4. The molecule has 0 radical (unpaired) electrons. The van der Waals surface area contributed by atoms with E-state index in [1.54, 1.807) is 17.0 Å². The van der Waals surface area contributed by atoms with Crippen molar-refractivity contribution >= 4 is 33.4 Å². The highest BCUT2D eigenvalue weighted by Crippen LogP contribution is 2.41. The fraction of sp³-hybridized carbons (Fsp3) is 0.378. The van der Waals surface area contributed by atoms with Crippen molar-refractivity contribution in [3.05, 3.63) is 87.2 Å². The van der Waals surface area contributed by atoms with E-state index in [1.807, 2.05) is 36.4 Å². The average Bonchev–Trinajstić information content (AvgIpc) is 3.76. The van der Waals surface area contributed by atoms with Crippen LogP contribution in [0.5, 0.6) is 11.8 Å². The third-order valence-corrected chi connectivity index (χ3v) is 11.2. The normalized spacial score (nSPS) is 21.5. The molecule has 6 heterocycles. The Bertz CT molecular complexity index is 2220. The van der Waals surface area contributed by atoms with Gasteiger partial charge in [0.2, 0.25) is 0 Å². The van der Waals surface area contributed by atoms with Gasteiger partial charge in [0.05, 0.1) is 23.1 Å². The Labute approximate surface area is 281 Å². The summed E-state index contributed by atoms with van der Waals surface area (Å²) < 4.78 is 6.52. The molecule has 0 unspecified atom stereocenters. The van der Waals surface area contributed by atoms with Crippen LogP contribution in [0, 0.1) is 0 Å². The monoisotopic (exact) mass is 659 g/mol. The summed E-state index contributed by atoms with van der Waals surface area (Å²) in [5.74, 6) is 0.580. The van der Waals surface area contributed by atoms with Crippen molar-refractivity contribution in [3.8, 4) is 22.9 Å². The highest BCUT2D eigenvalue weighted by Gasteiger charge is 2.46. The Morgan fingerprint density at radius 1 is 0.959 bits per heavy atom. The number of ether oxygens (including phenoxy) is 1. The molecule has 0 aliphatic carbocycles. The molecule has 5 aromatic rings. The molecule has 2 bridgehead atoms. The minimum atomic E-state index is -0.683. The van der Waals surface area contributed by atoms with E-state index in [-0.39, 0.29) is 34.8 Å². The molecule has 49 heavy (non-hydrogen) atoms. The number of piperazine rings is 1. The van der Waals surface area contributed by atoms with Crippen molar-refractivity contribution in [2.24, 2.45) is 0 Å². The number of H-pyrrole nitrogens is 2. The van der Waals surface area contributed by atoms with E-state index in [2.05, 4.69) is 25.8 Å². The number of rotatable bonds is 6. The van der Waals surface area contributed by atoms with Crippen LogP contribution in [0.25, 0.3) is 32.8 Å². The summed E-state index contributed by atoms with van der Waals surface area (Å²) in [6, 6.07) is 17.8. The first-order valence-corrected chi connectivity index (χ1v) is 17.2. The van der Waals surface area contributed by atoms with Gasteiger partial charge in [-0.1, -0.05) is 30.3 Å². The number of benzene rings is 3. The molecule has 250 valence electrons. The zero-order valence-corrected chi connectivity index (χ0v) is 27.0. The summed E-state index contributed by atoms with van der Waals surface area (Å²) in [7, 11) is 0.